The number of rotatable bonds is 9. The lowest BCUT2D eigenvalue weighted by Gasteiger charge is -2.42. The van der Waals surface area contributed by atoms with Crippen LogP contribution in [0.5, 0.6) is 0 Å². The highest BCUT2D eigenvalue weighted by Crippen LogP contribution is 2.31. The number of halogens is 5. The van der Waals surface area contributed by atoms with Crippen molar-refractivity contribution in [1.82, 2.24) is 14.9 Å². The van der Waals surface area contributed by atoms with Gasteiger partial charge in [-0.25, -0.2) is 14.4 Å². The first-order valence-electron chi connectivity index (χ1n) is 12.5. The average molecular weight is 552 g/mol. The van der Waals surface area contributed by atoms with Crippen molar-refractivity contribution in [1.29, 1.82) is 0 Å². The monoisotopic (exact) mass is 551 g/mol. The number of anilines is 2. The summed E-state index contributed by atoms with van der Waals surface area (Å²) in [6.07, 6.45) is -4.45. The van der Waals surface area contributed by atoms with Crippen molar-refractivity contribution in [2.45, 2.75) is 44.3 Å². The molecule has 12 heteroatoms. The lowest BCUT2D eigenvalue weighted by molar-refractivity contribution is -0.137. The van der Waals surface area contributed by atoms with Gasteiger partial charge in [0.1, 0.15) is 17.7 Å². The quantitative estimate of drug-likeness (QED) is 0.344. The highest BCUT2D eigenvalue weighted by atomic mass is 19.4. The molecule has 0 spiro atoms. The molecule has 0 saturated carbocycles. The molecule has 0 aliphatic carbocycles. The van der Waals surface area contributed by atoms with Gasteiger partial charge in [-0.05, 0) is 31.0 Å². The maximum atomic E-state index is 15.4. The Bertz CT molecular complexity index is 1260. The van der Waals surface area contributed by atoms with Gasteiger partial charge in [-0.2, -0.15) is 17.6 Å². The SMILES string of the molecule is CCN(Cc1ccc(C(F)(F)F)cc1F)c1ncnc(NC[C@@]2(O)CCN(Cc3ccccc3)C[C@@H]2O)c1F. The second-order valence-electron chi connectivity index (χ2n) is 9.62. The number of nitrogens with zero attached hydrogens (tertiary/aromatic N) is 4. The summed E-state index contributed by atoms with van der Waals surface area (Å²) in [4.78, 5) is 11.2. The zero-order chi connectivity index (χ0) is 28.2. The number of aromatic nitrogens is 2. The van der Waals surface area contributed by atoms with Gasteiger partial charge in [-0.3, -0.25) is 4.90 Å². The highest BCUT2D eigenvalue weighted by Gasteiger charge is 2.40. The number of aliphatic hydroxyl groups is 2. The smallest absolute Gasteiger partial charge is 0.389 e. The lowest BCUT2D eigenvalue weighted by Crippen LogP contribution is -2.58. The molecule has 1 aliphatic heterocycles. The summed E-state index contributed by atoms with van der Waals surface area (Å²) in [6.45, 7) is 2.80. The van der Waals surface area contributed by atoms with Crippen LogP contribution in [0.3, 0.4) is 0 Å². The molecule has 2 atom stereocenters. The molecule has 1 aliphatic rings. The third kappa shape index (κ3) is 6.81. The first kappa shape index (κ1) is 28.7. The van der Waals surface area contributed by atoms with Gasteiger partial charge in [-0.1, -0.05) is 36.4 Å². The van der Waals surface area contributed by atoms with E-state index >= 15 is 4.39 Å². The summed E-state index contributed by atoms with van der Waals surface area (Å²) < 4.78 is 68.4. The third-order valence-electron chi connectivity index (χ3n) is 6.92. The molecule has 1 fully saturated rings. The fraction of sp³-hybridized carbons (Fsp3) is 0.407. The number of hydrogen-bond acceptors (Lipinski definition) is 7. The third-order valence-corrected chi connectivity index (χ3v) is 6.92. The molecule has 0 amide bonds. The first-order chi connectivity index (χ1) is 18.5. The second kappa shape index (κ2) is 11.8. The van der Waals surface area contributed by atoms with E-state index in [0.29, 0.717) is 19.2 Å². The Hall–Kier alpha value is -3.35. The number of benzene rings is 2. The molecule has 39 heavy (non-hydrogen) atoms. The van der Waals surface area contributed by atoms with E-state index in [1.165, 1.54) is 4.90 Å². The second-order valence-corrected chi connectivity index (χ2v) is 9.62. The van der Waals surface area contributed by atoms with Crippen LogP contribution in [0.1, 0.15) is 30.0 Å². The normalized spacial score (nSPS) is 20.2. The minimum atomic E-state index is -4.68. The van der Waals surface area contributed by atoms with Gasteiger partial charge in [-0.15, -0.1) is 0 Å². The molecule has 2 heterocycles. The predicted octanol–water partition coefficient (Wildman–Crippen LogP) is 4.21. The molecule has 1 saturated heterocycles. The Labute approximate surface area is 222 Å². The molecule has 0 radical (unpaired) electrons. The summed E-state index contributed by atoms with van der Waals surface area (Å²) in [5, 5.41) is 24.5. The Morgan fingerprint density at radius 1 is 1.13 bits per heavy atom. The number of likely N-dealkylation sites (tertiary alicyclic amines) is 1. The van der Waals surface area contributed by atoms with Crippen molar-refractivity contribution in [3.63, 3.8) is 0 Å². The van der Waals surface area contributed by atoms with Crippen molar-refractivity contribution < 1.29 is 32.2 Å². The number of hydrogen-bond donors (Lipinski definition) is 3. The molecule has 1 aromatic heterocycles. The molecule has 7 nitrogen and oxygen atoms in total. The summed E-state index contributed by atoms with van der Waals surface area (Å²) in [7, 11) is 0. The Morgan fingerprint density at radius 2 is 1.87 bits per heavy atom. The zero-order valence-electron chi connectivity index (χ0n) is 21.3. The molecule has 4 rings (SSSR count). The summed E-state index contributed by atoms with van der Waals surface area (Å²) in [5.41, 5.74) is -1.62. The van der Waals surface area contributed by atoms with Crippen molar-refractivity contribution in [2.24, 2.45) is 0 Å². The standard InChI is InChI=1S/C27H30F5N5O2/c1-2-37(14-19-8-9-20(12-21(19)28)27(30,31)32)25-23(29)24(34-17-35-25)33-16-26(39)10-11-36(15-22(26)38)13-18-6-4-3-5-7-18/h3-9,12,17,22,38-39H,2,10-11,13-16H2,1H3,(H,33,34,35)/t22-,26-/m0/s1. The van der Waals surface area contributed by atoms with Crippen molar-refractivity contribution in [3.05, 3.63) is 83.2 Å². The van der Waals surface area contributed by atoms with Crippen LogP contribution in [-0.4, -0.2) is 63.0 Å². The molecule has 3 N–H and O–H groups in total. The van der Waals surface area contributed by atoms with E-state index in [4.69, 9.17) is 0 Å². The number of piperidine rings is 1. The molecule has 3 aromatic rings. The first-order valence-corrected chi connectivity index (χ1v) is 12.5. The molecular weight excluding hydrogens is 521 g/mol. The van der Waals surface area contributed by atoms with Gasteiger partial charge < -0.3 is 20.4 Å². The molecular formula is C27H30F5N5O2. The molecule has 0 unspecified atom stereocenters. The maximum Gasteiger partial charge on any atom is 0.416 e. The fourth-order valence-electron chi connectivity index (χ4n) is 4.55. The average Bonchev–Trinajstić information content (AvgIpc) is 2.90. The van der Waals surface area contributed by atoms with Crippen LogP contribution in [0.25, 0.3) is 0 Å². The lowest BCUT2D eigenvalue weighted by atomic mass is 9.88. The van der Waals surface area contributed by atoms with E-state index in [-0.39, 0.29) is 49.8 Å². The van der Waals surface area contributed by atoms with E-state index in [0.717, 1.165) is 24.0 Å². The number of nitrogens with one attached hydrogen (secondary N) is 1. The highest BCUT2D eigenvalue weighted by molar-refractivity contribution is 5.51. The zero-order valence-corrected chi connectivity index (χ0v) is 21.3. The van der Waals surface area contributed by atoms with Crippen molar-refractivity contribution in [3.8, 4) is 0 Å². The molecule has 0 bridgehead atoms. The van der Waals surface area contributed by atoms with Gasteiger partial charge in [0.25, 0.3) is 0 Å². The Kier molecular flexibility index (Phi) is 8.67. The van der Waals surface area contributed by atoms with Gasteiger partial charge in [0.2, 0.25) is 5.82 Å². The molecule has 210 valence electrons. The number of β-amino-alcohol motifs (C(OH)–C–C–N with tert-alkyl or cyclic N) is 1. The van der Waals surface area contributed by atoms with Crippen LogP contribution in [-0.2, 0) is 19.3 Å². The van der Waals surface area contributed by atoms with E-state index in [2.05, 4.69) is 15.3 Å². The summed E-state index contributed by atoms with van der Waals surface area (Å²) in [6, 6.07) is 11.9. The Morgan fingerprint density at radius 3 is 2.51 bits per heavy atom. The van der Waals surface area contributed by atoms with Crippen LogP contribution < -0.4 is 10.2 Å². The summed E-state index contributed by atoms with van der Waals surface area (Å²) >= 11 is 0. The van der Waals surface area contributed by atoms with Crippen LogP contribution in [0.15, 0.2) is 54.9 Å². The maximum absolute atomic E-state index is 15.4. The van der Waals surface area contributed by atoms with E-state index in [9.17, 15) is 27.8 Å². The minimum absolute atomic E-state index is 0.0583. The topological polar surface area (TPSA) is 84.8 Å². The van der Waals surface area contributed by atoms with Gasteiger partial charge in [0.05, 0.1) is 11.7 Å². The van der Waals surface area contributed by atoms with Crippen molar-refractivity contribution in [2.75, 3.05) is 36.4 Å². The molecule has 2 aromatic carbocycles. The van der Waals surface area contributed by atoms with Crippen LogP contribution in [0.4, 0.5) is 33.6 Å². The van der Waals surface area contributed by atoms with E-state index < -0.39 is 35.1 Å². The number of aliphatic hydroxyl groups excluding tert-OH is 1. The number of alkyl halides is 3. The van der Waals surface area contributed by atoms with E-state index in [1.54, 1.807) is 6.92 Å². The van der Waals surface area contributed by atoms with Gasteiger partial charge >= 0.3 is 6.18 Å². The fourth-order valence-corrected chi connectivity index (χ4v) is 4.55. The van der Waals surface area contributed by atoms with Crippen LogP contribution >= 0.6 is 0 Å². The largest absolute Gasteiger partial charge is 0.416 e. The summed E-state index contributed by atoms with van der Waals surface area (Å²) in [5.74, 6) is -2.34. The minimum Gasteiger partial charge on any atom is -0.389 e. The van der Waals surface area contributed by atoms with Gasteiger partial charge in [0.15, 0.2) is 11.6 Å². The predicted molar refractivity (Wildman–Crippen MR) is 136 cm³/mol. The van der Waals surface area contributed by atoms with Crippen LogP contribution in [0, 0.1) is 11.6 Å². The van der Waals surface area contributed by atoms with Crippen molar-refractivity contribution >= 4 is 11.6 Å². The van der Waals surface area contributed by atoms with E-state index in [1.807, 2.05) is 35.2 Å². The Balaban J connectivity index is 1.42. The van der Waals surface area contributed by atoms with Crippen LogP contribution in [0.2, 0.25) is 0 Å². The van der Waals surface area contributed by atoms with Gasteiger partial charge in [0, 0.05) is 44.8 Å².